The first-order valence-corrected chi connectivity index (χ1v) is 4.80. The number of aryl methyl sites for hydroxylation is 1. The lowest BCUT2D eigenvalue weighted by Crippen LogP contribution is -1.96. The average molecular weight is 201 g/mol. The zero-order valence-corrected chi connectivity index (χ0v) is 8.13. The largest absolute Gasteiger partial charge is 0.481 e. The van der Waals surface area contributed by atoms with Crippen molar-refractivity contribution in [3.63, 3.8) is 0 Å². The highest BCUT2D eigenvalue weighted by Crippen LogP contribution is 2.18. The van der Waals surface area contributed by atoms with E-state index in [1.807, 2.05) is 5.38 Å². The van der Waals surface area contributed by atoms with Gasteiger partial charge in [0.2, 0.25) is 0 Å². The van der Waals surface area contributed by atoms with Crippen LogP contribution in [0.2, 0.25) is 0 Å². The lowest BCUT2D eigenvalue weighted by Gasteiger charge is -1.93. The van der Waals surface area contributed by atoms with Crippen molar-refractivity contribution in [1.82, 2.24) is 4.98 Å². The van der Waals surface area contributed by atoms with Crippen LogP contribution in [0, 0.1) is 0 Å². The Morgan fingerprint density at radius 1 is 1.77 bits per heavy atom. The van der Waals surface area contributed by atoms with E-state index in [-0.39, 0.29) is 6.42 Å². The number of hydrogen-bond donors (Lipinski definition) is 1. The van der Waals surface area contributed by atoms with Crippen LogP contribution >= 0.6 is 11.3 Å². The Morgan fingerprint density at radius 3 is 3.08 bits per heavy atom. The number of methoxy groups -OCH3 is 1. The van der Waals surface area contributed by atoms with Crippen molar-refractivity contribution in [3.05, 3.63) is 11.1 Å². The molecular formula is C8H11NO3S. The number of thiazole rings is 1. The van der Waals surface area contributed by atoms with E-state index in [0.717, 1.165) is 5.69 Å². The Kier molecular flexibility index (Phi) is 3.70. The molecule has 0 aliphatic rings. The smallest absolute Gasteiger partial charge is 0.303 e. The summed E-state index contributed by atoms with van der Waals surface area (Å²) >= 11 is 1.43. The second-order valence-electron chi connectivity index (χ2n) is 2.56. The molecule has 0 radical (unpaired) electrons. The van der Waals surface area contributed by atoms with Crippen molar-refractivity contribution in [1.29, 1.82) is 0 Å². The van der Waals surface area contributed by atoms with Gasteiger partial charge in [0.25, 0.3) is 5.19 Å². The fourth-order valence-corrected chi connectivity index (χ4v) is 1.59. The molecule has 5 heteroatoms. The molecule has 0 aromatic carbocycles. The summed E-state index contributed by atoms with van der Waals surface area (Å²) in [6.07, 6.45) is 1.52. The van der Waals surface area contributed by atoms with E-state index in [4.69, 9.17) is 9.84 Å². The standard InChI is InChI=1S/C8H11NO3S/c1-12-8-9-6(5-13-8)3-2-4-7(10)11/h5H,2-4H2,1H3,(H,10,11). The number of rotatable bonds is 5. The number of carbonyl (C=O) groups is 1. The van der Waals surface area contributed by atoms with Gasteiger partial charge in [0.1, 0.15) is 0 Å². The Labute approximate surface area is 80.2 Å². The summed E-state index contributed by atoms with van der Waals surface area (Å²) in [5, 5.41) is 10.9. The Hall–Kier alpha value is -1.10. The van der Waals surface area contributed by atoms with Crippen LogP contribution in [-0.4, -0.2) is 23.2 Å². The lowest BCUT2D eigenvalue weighted by atomic mass is 10.2. The van der Waals surface area contributed by atoms with E-state index in [1.54, 1.807) is 7.11 Å². The van der Waals surface area contributed by atoms with Crippen LogP contribution in [0.3, 0.4) is 0 Å². The first-order chi connectivity index (χ1) is 6.22. The molecule has 1 heterocycles. The van der Waals surface area contributed by atoms with Gasteiger partial charge < -0.3 is 9.84 Å². The van der Waals surface area contributed by atoms with Crippen LogP contribution in [0.15, 0.2) is 5.38 Å². The van der Waals surface area contributed by atoms with Crippen molar-refractivity contribution in [2.24, 2.45) is 0 Å². The van der Waals surface area contributed by atoms with Gasteiger partial charge in [-0.1, -0.05) is 11.3 Å². The fourth-order valence-electron chi connectivity index (χ4n) is 0.918. The molecule has 1 N–H and O–H groups in total. The van der Waals surface area contributed by atoms with E-state index < -0.39 is 5.97 Å². The highest BCUT2D eigenvalue weighted by Gasteiger charge is 2.02. The molecule has 0 fully saturated rings. The van der Waals surface area contributed by atoms with Gasteiger partial charge in [-0.3, -0.25) is 4.79 Å². The predicted octanol–water partition coefficient (Wildman–Crippen LogP) is 1.56. The van der Waals surface area contributed by atoms with Gasteiger partial charge in [0.05, 0.1) is 12.8 Å². The maximum absolute atomic E-state index is 10.2. The maximum atomic E-state index is 10.2. The van der Waals surface area contributed by atoms with E-state index in [0.29, 0.717) is 18.0 Å². The van der Waals surface area contributed by atoms with Gasteiger partial charge in [-0.15, -0.1) is 0 Å². The number of carboxylic acid groups (broad SMARTS) is 1. The van der Waals surface area contributed by atoms with Gasteiger partial charge >= 0.3 is 5.97 Å². The van der Waals surface area contributed by atoms with Crippen molar-refractivity contribution in [2.75, 3.05) is 7.11 Å². The van der Waals surface area contributed by atoms with Crippen LogP contribution in [0.25, 0.3) is 0 Å². The Bertz CT molecular complexity index is 285. The topological polar surface area (TPSA) is 59.4 Å². The van der Waals surface area contributed by atoms with Gasteiger partial charge in [0.15, 0.2) is 0 Å². The number of aromatic nitrogens is 1. The molecule has 13 heavy (non-hydrogen) atoms. The third kappa shape index (κ3) is 3.42. The van der Waals surface area contributed by atoms with Gasteiger partial charge in [0, 0.05) is 11.8 Å². The number of carboxylic acids is 1. The second-order valence-corrected chi connectivity index (χ2v) is 3.38. The van der Waals surface area contributed by atoms with Crippen LogP contribution in [0.4, 0.5) is 0 Å². The normalized spacial score (nSPS) is 9.92. The molecule has 1 rings (SSSR count). The molecule has 0 unspecified atom stereocenters. The number of nitrogens with zero attached hydrogens (tertiary/aromatic N) is 1. The molecule has 4 nitrogen and oxygen atoms in total. The summed E-state index contributed by atoms with van der Waals surface area (Å²) in [6.45, 7) is 0. The van der Waals surface area contributed by atoms with Gasteiger partial charge in [-0.25, -0.2) is 4.98 Å². The highest BCUT2D eigenvalue weighted by atomic mass is 32.1. The van der Waals surface area contributed by atoms with Crippen LogP contribution in [0.1, 0.15) is 18.5 Å². The van der Waals surface area contributed by atoms with Crippen molar-refractivity contribution in [2.45, 2.75) is 19.3 Å². The van der Waals surface area contributed by atoms with Crippen LogP contribution in [-0.2, 0) is 11.2 Å². The summed E-state index contributed by atoms with van der Waals surface area (Å²) in [4.78, 5) is 14.3. The Balaban J connectivity index is 2.32. The molecule has 1 aromatic heterocycles. The Morgan fingerprint density at radius 2 is 2.54 bits per heavy atom. The van der Waals surface area contributed by atoms with E-state index >= 15 is 0 Å². The zero-order chi connectivity index (χ0) is 9.68. The molecular weight excluding hydrogens is 190 g/mol. The first kappa shape index (κ1) is 9.98. The second kappa shape index (κ2) is 4.81. The van der Waals surface area contributed by atoms with E-state index in [9.17, 15) is 4.79 Å². The third-order valence-electron chi connectivity index (χ3n) is 1.53. The fraction of sp³-hybridized carbons (Fsp3) is 0.500. The molecule has 1 aromatic rings. The highest BCUT2D eigenvalue weighted by molar-refractivity contribution is 7.11. The summed E-state index contributed by atoms with van der Waals surface area (Å²) in [6, 6.07) is 0. The van der Waals surface area contributed by atoms with Crippen LogP contribution < -0.4 is 4.74 Å². The summed E-state index contributed by atoms with van der Waals surface area (Å²) in [5.41, 5.74) is 0.906. The minimum atomic E-state index is -0.762. The number of ether oxygens (including phenoxy) is 1. The number of aliphatic carboxylic acids is 1. The summed E-state index contributed by atoms with van der Waals surface area (Å²) in [7, 11) is 1.57. The summed E-state index contributed by atoms with van der Waals surface area (Å²) < 4.78 is 4.91. The molecule has 72 valence electrons. The van der Waals surface area contributed by atoms with Crippen LogP contribution in [0.5, 0.6) is 5.19 Å². The van der Waals surface area contributed by atoms with Crippen molar-refractivity contribution < 1.29 is 14.6 Å². The first-order valence-electron chi connectivity index (χ1n) is 3.92. The van der Waals surface area contributed by atoms with Gasteiger partial charge in [-0.2, -0.15) is 0 Å². The third-order valence-corrected chi connectivity index (χ3v) is 2.38. The molecule has 0 bridgehead atoms. The predicted molar refractivity (Wildman–Crippen MR) is 49.2 cm³/mol. The number of hydrogen-bond acceptors (Lipinski definition) is 4. The molecule has 0 aliphatic carbocycles. The van der Waals surface area contributed by atoms with Gasteiger partial charge in [-0.05, 0) is 12.8 Å². The van der Waals surface area contributed by atoms with E-state index in [2.05, 4.69) is 4.98 Å². The molecule has 0 amide bonds. The molecule has 0 aliphatic heterocycles. The summed E-state index contributed by atoms with van der Waals surface area (Å²) in [5.74, 6) is -0.762. The monoisotopic (exact) mass is 201 g/mol. The minimum absolute atomic E-state index is 0.194. The van der Waals surface area contributed by atoms with Crippen molar-refractivity contribution >= 4 is 17.3 Å². The molecule has 0 atom stereocenters. The average Bonchev–Trinajstić information content (AvgIpc) is 2.52. The molecule has 0 saturated carbocycles. The van der Waals surface area contributed by atoms with E-state index in [1.165, 1.54) is 11.3 Å². The SMILES string of the molecule is COc1nc(CCCC(=O)O)cs1. The molecule has 0 saturated heterocycles. The quantitative estimate of drug-likeness (QED) is 0.785. The van der Waals surface area contributed by atoms with Crippen molar-refractivity contribution in [3.8, 4) is 5.19 Å². The maximum Gasteiger partial charge on any atom is 0.303 e. The zero-order valence-electron chi connectivity index (χ0n) is 7.32. The minimum Gasteiger partial charge on any atom is -0.481 e. The lowest BCUT2D eigenvalue weighted by molar-refractivity contribution is -0.137. The molecule has 0 spiro atoms.